The Morgan fingerprint density at radius 2 is 1.72 bits per heavy atom. The Bertz CT molecular complexity index is 533. The van der Waals surface area contributed by atoms with Gasteiger partial charge in [-0.3, -0.25) is 9.69 Å². The number of hydrogen-bond acceptors (Lipinski definition) is 4. The molecule has 3 N–H and O–H groups in total. The van der Waals surface area contributed by atoms with Gasteiger partial charge in [0.25, 0.3) is 0 Å². The summed E-state index contributed by atoms with van der Waals surface area (Å²) < 4.78 is 0. The van der Waals surface area contributed by atoms with Crippen LogP contribution in [-0.4, -0.2) is 47.7 Å². The van der Waals surface area contributed by atoms with Crippen LogP contribution in [0.1, 0.15) is 36.8 Å². The Morgan fingerprint density at radius 1 is 1.08 bits per heavy atom. The zero-order valence-electron chi connectivity index (χ0n) is 14.4. The van der Waals surface area contributed by atoms with E-state index in [2.05, 4.69) is 27.7 Å². The van der Waals surface area contributed by atoms with Crippen LogP contribution >= 0.6 is 24.8 Å². The summed E-state index contributed by atoms with van der Waals surface area (Å²) in [5, 5.41) is 15.8. The summed E-state index contributed by atoms with van der Waals surface area (Å²) in [4.78, 5) is 14.3. The van der Waals surface area contributed by atoms with Crippen molar-refractivity contribution in [2.24, 2.45) is 0 Å². The van der Waals surface area contributed by atoms with E-state index in [0.29, 0.717) is 19.1 Å². The first kappa shape index (κ1) is 22.2. The SMILES string of the molecule is Cl.Cl.O=C(CNC1CC1)NCc1ccccc1CN1CCC(O)CC1. The fraction of sp³-hybridized carbons (Fsp3) is 0.611. The van der Waals surface area contributed by atoms with Crippen LogP contribution in [0.5, 0.6) is 0 Å². The van der Waals surface area contributed by atoms with Crippen LogP contribution < -0.4 is 10.6 Å². The predicted octanol–water partition coefficient (Wildman–Crippen LogP) is 1.86. The topological polar surface area (TPSA) is 64.6 Å². The van der Waals surface area contributed by atoms with Crippen LogP contribution in [0.4, 0.5) is 0 Å². The van der Waals surface area contributed by atoms with Crippen LogP contribution in [0.15, 0.2) is 24.3 Å². The van der Waals surface area contributed by atoms with Gasteiger partial charge in [0.1, 0.15) is 0 Å². The molecule has 0 radical (unpaired) electrons. The molecule has 142 valence electrons. The van der Waals surface area contributed by atoms with Gasteiger partial charge in [-0.05, 0) is 36.8 Å². The van der Waals surface area contributed by atoms with E-state index in [1.54, 1.807) is 0 Å². The number of piperidine rings is 1. The molecule has 0 bridgehead atoms. The molecule has 0 unspecified atom stereocenters. The third-order valence-electron chi connectivity index (χ3n) is 4.67. The second-order valence-electron chi connectivity index (χ2n) is 6.71. The van der Waals surface area contributed by atoms with Crippen LogP contribution in [0.2, 0.25) is 0 Å². The Labute approximate surface area is 162 Å². The van der Waals surface area contributed by atoms with Crippen molar-refractivity contribution in [3.63, 3.8) is 0 Å². The molecule has 0 spiro atoms. The molecule has 25 heavy (non-hydrogen) atoms. The number of hydrogen-bond donors (Lipinski definition) is 3. The number of nitrogens with one attached hydrogen (secondary N) is 2. The average molecular weight is 390 g/mol. The fourth-order valence-electron chi connectivity index (χ4n) is 2.98. The van der Waals surface area contributed by atoms with Gasteiger partial charge >= 0.3 is 0 Å². The minimum atomic E-state index is -0.139. The van der Waals surface area contributed by atoms with Gasteiger partial charge in [0.15, 0.2) is 0 Å². The van der Waals surface area contributed by atoms with Gasteiger partial charge in [-0.2, -0.15) is 0 Å². The highest BCUT2D eigenvalue weighted by Gasteiger charge is 2.21. The normalized spacial score (nSPS) is 18.1. The average Bonchev–Trinajstić information content (AvgIpc) is 3.38. The van der Waals surface area contributed by atoms with E-state index in [9.17, 15) is 9.90 Å². The van der Waals surface area contributed by atoms with Gasteiger partial charge in [-0.25, -0.2) is 0 Å². The Balaban J connectivity index is 0.00000156. The van der Waals surface area contributed by atoms with E-state index in [1.807, 2.05) is 12.1 Å². The lowest BCUT2D eigenvalue weighted by atomic mass is 10.0. The lowest BCUT2D eigenvalue weighted by Crippen LogP contribution is -2.36. The molecule has 5 nitrogen and oxygen atoms in total. The molecule has 1 amide bonds. The molecular formula is C18H29Cl2N3O2. The molecule has 1 saturated heterocycles. The summed E-state index contributed by atoms with van der Waals surface area (Å²) >= 11 is 0. The zero-order valence-corrected chi connectivity index (χ0v) is 16.1. The van der Waals surface area contributed by atoms with E-state index in [4.69, 9.17) is 0 Å². The highest BCUT2D eigenvalue weighted by Crippen LogP contribution is 2.18. The smallest absolute Gasteiger partial charge is 0.234 e. The zero-order chi connectivity index (χ0) is 16.1. The molecule has 1 aromatic rings. The minimum Gasteiger partial charge on any atom is -0.393 e. The molecule has 2 aliphatic rings. The van der Waals surface area contributed by atoms with Gasteiger partial charge in [0, 0.05) is 32.2 Å². The molecule has 7 heteroatoms. The molecule has 1 aliphatic carbocycles. The predicted molar refractivity (Wildman–Crippen MR) is 104 cm³/mol. The van der Waals surface area contributed by atoms with Crippen LogP contribution in [0.25, 0.3) is 0 Å². The first-order valence-corrected chi connectivity index (χ1v) is 8.68. The Morgan fingerprint density at radius 3 is 2.36 bits per heavy atom. The maximum absolute atomic E-state index is 11.9. The largest absolute Gasteiger partial charge is 0.393 e. The summed E-state index contributed by atoms with van der Waals surface area (Å²) in [6, 6.07) is 8.85. The quantitative estimate of drug-likeness (QED) is 0.665. The number of amides is 1. The minimum absolute atomic E-state index is 0. The van der Waals surface area contributed by atoms with Gasteiger partial charge in [0.2, 0.25) is 5.91 Å². The first-order valence-electron chi connectivity index (χ1n) is 8.68. The summed E-state index contributed by atoms with van der Waals surface area (Å²) in [5.74, 6) is 0.0628. The molecule has 2 fully saturated rings. The number of rotatable bonds is 7. The van der Waals surface area contributed by atoms with Crippen molar-refractivity contribution in [3.8, 4) is 0 Å². The van der Waals surface area contributed by atoms with Crippen molar-refractivity contribution in [1.82, 2.24) is 15.5 Å². The van der Waals surface area contributed by atoms with Crippen LogP contribution in [0.3, 0.4) is 0 Å². The maximum Gasteiger partial charge on any atom is 0.234 e. The van der Waals surface area contributed by atoms with Gasteiger partial charge < -0.3 is 15.7 Å². The summed E-state index contributed by atoms with van der Waals surface area (Å²) in [7, 11) is 0. The number of carbonyl (C=O) groups excluding carboxylic acids is 1. The molecule has 0 atom stereocenters. The highest BCUT2D eigenvalue weighted by molar-refractivity contribution is 5.85. The number of aliphatic hydroxyl groups excluding tert-OH is 1. The van der Waals surface area contributed by atoms with Gasteiger partial charge in [0.05, 0.1) is 12.6 Å². The van der Waals surface area contributed by atoms with E-state index in [0.717, 1.165) is 32.5 Å². The number of nitrogens with zero attached hydrogens (tertiary/aromatic N) is 1. The van der Waals surface area contributed by atoms with Gasteiger partial charge in [-0.1, -0.05) is 24.3 Å². The fourth-order valence-corrected chi connectivity index (χ4v) is 2.98. The van der Waals surface area contributed by atoms with Crippen molar-refractivity contribution >= 4 is 30.7 Å². The van der Waals surface area contributed by atoms with E-state index >= 15 is 0 Å². The maximum atomic E-state index is 11.9. The van der Waals surface area contributed by atoms with Crippen molar-refractivity contribution in [1.29, 1.82) is 0 Å². The van der Waals surface area contributed by atoms with Crippen molar-refractivity contribution < 1.29 is 9.90 Å². The lowest BCUT2D eigenvalue weighted by molar-refractivity contribution is -0.120. The van der Waals surface area contributed by atoms with Crippen LogP contribution in [-0.2, 0) is 17.9 Å². The number of likely N-dealkylation sites (tertiary alicyclic amines) is 1. The number of aliphatic hydroxyl groups is 1. The first-order chi connectivity index (χ1) is 11.2. The molecule has 1 aliphatic heterocycles. The summed E-state index contributed by atoms with van der Waals surface area (Å²) in [6.45, 7) is 3.76. The molecule has 0 aromatic heterocycles. The lowest BCUT2D eigenvalue weighted by Gasteiger charge is -2.30. The third kappa shape index (κ3) is 7.50. The summed E-state index contributed by atoms with van der Waals surface area (Å²) in [5.41, 5.74) is 2.44. The number of halogens is 2. The molecule has 1 heterocycles. The summed E-state index contributed by atoms with van der Waals surface area (Å²) in [6.07, 6.45) is 3.96. The molecule has 1 aromatic carbocycles. The highest BCUT2D eigenvalue weighted by atomic mass is 35.5. The second kappa shape index (κ2) is 11.0. The van der Waals surface area contributed by atoms with Crippen molar-refractivity contribution in [2.75, 3.05) is 19.6 Å². The monoisotopic (exact) mass is 389 g/mol. The van der Waals surface area contributed by atoms with Crippen LogP contribution in [0, 0.1) is 0 Å². The van der Waals surface area contributed by atoms with E-state index in [-0.39, 0.29) is 36.8 Å². The Hall–Kier alpha value is -0.850. The van der Waals surface area contributed by atoms with Gasteiger partial charge in [-0.15, -0.1) is 24.8 Å². The van der Waals surface area contributed by atoms with E-state index in [1.165, 1.54) is 24.0 Å². The van der Waals surface area contributed by atoms with E-state index < -0.39 is 0 Å². The number of carbonyl (C=O) groups is 1. The molecular weight excluding hydrogens is 361 g/mol. The molecule has 3 rings (SSSR count). The van der Waals surface area contributed by atoms with Crippen molar-refractivity contribution in [2.45, 2.75) is 50.9 Å². The van der Waals surface area contributed by atoms with Crippen molar-refractivity contribution in [3.05, 3.63) is 35.4 Å². The third-order valence-corrected chi connectivity index (χ3v) is 4.67. The number of benzene rings is 1. The second-order valence-corrected chi connectivity index (χ2v) is 6.71. The standard InChI is InChI=1S/C18H27N3O2.2ClH/c22-17-7-9-21(10-8-17)13-15-4-2-1-3-14(15)11-20-18(23)12-19-16-5-6-16;;/h1-4,16-17,19,22H,5-13H2,(H,20,23);2*1H. The molecule has 1 saturated carbocycles. The Kier molecular flexibility index (Phi) is 9.75.